The molecule has 1 saturated heterocycles. The Balaban J connectivity index is 2.28. The molecule has 1 aliphatic rings. The smallest absolute Gasteiger partial charge is 0.252 e. The topological polar surface area (TPSA) is 26.1 Å². The summed E-state index contributed by atoms with van der Waals surface area (Å²) < 4.78 is 36.1. The molecule has 1 heterocycles. The fourth-order valence-electron chi connectivity index (χ4n) is 1.04. The normalized spacial score (nSPS) is 25.9. The predicted molar refractivity (Wildman–Crippen MR) is 34.3 cm³/mol. The van der Waals surface area contributed by atoms with Gasteiger partial charge in [-0.2, -0.15) is 8.78 Å². The molecule has 5 heteroatoms. The molecule has 1 atom stereocenters. The summed E-state index contributed by atoms with van der Waals surface area (Å²) in [5.74, 6) is 0. The van der Waals surface area contributed by atoms with E-state index >= 15 is 0 Å². The lowest BCUT2D eigenvalue weighted by Gasteiger charge is -2.18. The van der Waals surface area contributed by atoms with E-state index in [0.29, 0.717) is 19.5 Å². The minimum Gasteiger partial charge on any atom is -0.252 e. The van der Waals surface area contributed by atoms with Gasteiger partial charge in [-0.1, -0.05) is 0 Å². The Morgan fingerprint density at radius 1 is 1.55 bits per heavy atom. The van der Waals surface area contributed by atoms with Crippen molar-refractivity contribution < 1.29 is 13.2 Å². The average molecular weight is 167 g/mol. The lowest BCUT2D eigenvalue weighted by molar-refractivity contribution is -0.0625. The summed E-state index contributed by atoms with van der Waals surface area (Å²) in [5, 5.41) is 5.77. The van der Waals surface area contributed by atoms with Gasteiger partial charge in [-0.25, -0.2) is 9.71 Å². The molecule has 0 aromatic rings. The maximum Gasteiger partial charge on any atom is 0.330 e. The monoisotopic (exact) mass is 167 g/mol. The first-order valence-corrected chi connectivity index (χ1v) is 3.49. The highest BCUT2D eigenvalue weighted by Crippen LogP contribution is 2.12. The predicted octanol–water partition coefficient (Wildman–Crippen LogP) is 0.515. The van der Waals surface area contributed by atoms with Crippen molar-refractivity contribution in [2.24, 2.45) is 0 Å². The van der Waals surface area contributed by atoms with Crippen LogP contribution in [0.5, 0.6) is 0 Å². The van der Waals surface area contributed by atoms with Crippen molar-refractivity contribution in [3.05, 3.63) is 0 Å². The molecule has 1 fully saturated rings. The first kappa shape index (κ1) is 8.80. The van der Waals surface area contributed by atoms with Crippen LogP contribution in [0.25, 0.3) is 0 Å². The highest BCUT2D eigenvalue weighted by molar-refractivity contribution is 4.80. The van der Waals surface area contributed by atoms with Gasteiger partial charge in [0.2, 0.25) is 0 Å². The summed E-state index contributed by atoms with van der Waals surface area (Å²) in [7, 11) is 0. The van der Waals surface area contributed by atoms with Crippen LogP contribution in [0.2, 0.25) is 0 Å². The summed E-state index contributed by atoms with van der Waals surface area (Å²) in [5.41, 5.74) is 0. The molecular weight excluding hydrogens is 157 g/mol. The first-order chi connectivity index (χ1) is 5.14. The lowest BCUT2D eigenvalue weighted by Crippen LogP contribution is -2.46. The fourth-order valence-corrected chi connectivity index (χ4v) is 1.04. The van der Waals surface area contributed by atoms with E-state index in [9.17, 15) is 13.2 Å². The zero-order chi connectivity index (χ0) is 8.32. The van der Waals surface area contributed by atoms with E-state index in [1.165, 1.54) is 0 Å². The fraction of sp³-hybridized carbons (Fsp3) is 1.00. The summed E-state index contributed by atoms with van der Waals surface area (Å²) >= 11 is 0. The molecule has 2 nitrogen and oxygen atoms in total. The zero-order valence-corrected chi connectivity index (χ0v) is 5.99. The molecule has 1 unspecified atom stereocenters. The second-order valence-electron chi connectivity index (χ2n) is 2.60. The van der Waals surface area contributed by atoms with E-state index in [1.54, 1.807) is 0 Å². The highest BCUT2D eigenvalue weighted by Gasteiger charge is 2.32. The number of halogens is 3. The summed E-state index contributed by atoms with van der Waals surface area (Å²) in [6, 6.07) is -3.72. The molecule has 1 radical (unpaired) electrons. The molecule has 1 rings (SSSR count). The second-order valence-corrected chi connectivity index (χ2v) is 2.60. The molecule has 0 bridgehead atoms. The number of nitrogens with one attached hydrogen (secondary N) is 1. The van der Waals surface area contributed by atoms with Crippen LogP contribution in [0.1, 0.15) is 6.42 Å². The Bertz CT molecular complexity index is 123. The first-order valence-electron chi connectivity index (χ1n) is 3.49. The largest absolute Gasteiger partial charge is 0.330 e. The Kier molecular flexibility index (Phi) is 2.72. The van der Waals surface area contributed by atoms with Gasteiger partial charge in [0.15, 0.2) is 6.67 Å². The summed E-state index contributed by atoms with van der Waals surface area (Å²) in [4.78, 5) is 0. The molecule has 0 aromatic heterocycles. The van der Waals surface area contributed by atoms with Crippen LogP contribution in [-0.2, 0) is 0 Å². The third kappa shape index (κ3) is 2.67. The number of alkyl halides is 3. The zero-order valence-electron chi connectivity index (χ0n) is 5.99. The van der Waals surface area contributed by atoms with Crippen LogP contribution in [0.15, 0.2) is 0 Å². The minimum absolute atomic E-state index is 0.347. The molecule has 1 N–H and O–H groups in total. The summed E-state index contributed by atoms with van der Waals surface area (Å²) in [6.07, 6.45) is 0.579. The second kappa shape index (κ2) is 3.40. The van der Waals surface area contributed by atoms with Gasteiger partial charge in [0.05, 0.1) is 0 Å². The van der Waals surface area contributed by atoms with E-state index in [0.717, 1.165) is 0 Å². The Morgan fingerprint density at radius 2 is 2.27 bits per heavy atom. The van der Waals surface area contributed by atoms with E-state index in [2.05, 4.69) is 5.32 Å². The Morgan fingerprint density at radius 3 is 2.73 bits per heavy atom. The molecule has 0 aliphatic carbocycles. The van der Waals surface area contributed by atoms with Gasteiger partial charge in [0.25, 0.3) is 0 Å². The van der Waals surface area contributed by atoms with Gasteiger partial charge in [0, 0.05) is 19.1 Å². The number of hydrogen-bond acceptors (Lipinski definition) is 1. The average Bonchev–Trinajstić information content (AvgIpc) is 2.39. The molecule has 0 spiro atoms. The van der Waals surface area contributed by atoms with Gasteiger partial charge in [-0.3, -0.25) is 5.32 Å². The van der Waals surface area contributed by atoms with Crippen molar-refractivity contribution >= 4 is 0 Å². The van der Waals surface area contributed by atoms with Gasteiger partial charge in [0.1, 0.15) is 0 Å². The van der Waals surface area contributed by atoms with Crippen molar-refractivity contribution in [3.8, 4) is 0 Å². The van der Waals surface area contributed by atoms with Crippen LogP contribution in [0.3, 0.4) is 0 Å². The highest BCUT2D eigenvalue weighted by atomic mass is 19.3. The van der Waals surface area contributed by atoms with E-state index < -0.39 is 12.7 Å². The lowest BCUT2D eigenvalue weighted by atomic mass is 10.2. The summed E-state index contributed by atoms with van der Waals surface area (Å²) in [6.45, 7) is -0.681. The third-order valence-corrected chi connectivity index (χ3v) is 1.57. The SMILES string of the molecule is FCC(F)(F)NC1CC[N]C1. The van der Waals surface area contributed by atoms with Crippen molar-refractivity contribution in [3.63, 3.8) is 0 Å². The van der Waals surface area contributed by atoms with Gasteiger partial charge >= 0.3 is 6.05 Å². The standard InChI is InChI=1S/C6H10F3N2/c7-4-6(8,9)11-5-1-2-10-3-5/h5,11H,1-4H2. The minimum atomic E-state index is -3.37. The van der Waals surface area contributed by atoms with Crippen molar-refractivity contribution in [1.29, 1.82) is 0 Å². The van der Waals surface area contributed by atoms with Crippen LogP contribution < -0.4 is 10.6 Å². The van der Waals surface area contributed by atoms with E-state index in [-0.39, 0.29) is 6.04 Å². The van der Waals surface area contributed by atoms with E-state index in [1.807, 2.05) is 5.32 Å². The van der Waals surface area contributed by atoms with Crippen molar-refractivity contribution in [2.75, 3.05) is 19.8 Å². The maximum absolute atomic E-state index is 12.3. The maximum atomic E-state index is 12.3. The van der Waals surface area contributed by atoms with Crippen LogP contribution >= 0.6 is 0 Å². The molecular formula is C6H10F3N2. The van der Waals surface area contributed by atoms with Gasteiger partial charge < -0.3 is 0 Å². The Hall–Kier alpha value is -0.290. The quantitative estimate of drug-likeness (QED) is 0.609. The molecule has 0 amide bonds. The molecule has 1 aliphatic heterocycles. The molecule has 65 valence electrons. The Labute approximate surface area is 63.2 Å². The molecule has 0 aromatic carbocycles. The van der Waals surface area contributed by atoms with Gasteiger partial charge in [-0.05, 0) is 6.42 Å². The van der Waals surface area contributed by atoms with Crippen LogP contribution in [-0.4, -0.2) is 31.9 Å². The third-order valence-electron chi connectivity index (χ3n) is 1.57. The van der Waals surface area contributed by atoms with Crippen molar-refractivity contribution in [1.82, 2.24) is 10.6 Å². The molecule has 0 saturated carbocycles. The number of nitrogens with zero attached hydrogens (tertiary/aromatic N) is 1. The van der Waals surface area contributed by atoms with Crippen LogP contribution in [0.4, 0.5) is 13.2 Å². The number of hydrogen-bond donors (Lipinski definition) is 1. The van der Waals surface area contributed by atoms with Crippen molar-refractivity contribution in [2.45, 2.75) is 18.5 Å². The van der Waals surface area contributed by atoms with E-state index in [4.69, 9.17) is 0 Å². The molecule has 11 heavy (non-hydrogen) atoms. The van der Waals surface area contributed by atoms with Crippen LogP contribution in [0, 0.1) is 0 Å². The number of rotatable bonds is 3. The van der Waals surface area contributed by atoms with Gasteiger partial charge in [-0.15, -0.1) is 0 Å².